The van der Waals surface area contributed by atoms with Crippen LogP contribution in [0, 0.1) is 0 Å². The molecule has 3 N–H and O–H groups in total. The Morgan fingerprint density at radius 2 is 1.93 bits per heavy atom. The zero-order chi connectivity index (χ0) is 21.4. The number of anilines is 2. The summed E-state index contributed by atoms with van der Waals surface area (Å²) in [5, 5.41) is 15.7. The van der Waals surface area contributed by atoms with Gasteiger partial charge in [-0.15, -0.1) is 13.2 Å². The number of aromatic hydroxyl groups is 1. The first-order valence-corrected chi connectivity index (χ1v) is 8.87. The number of fused-ring (bicyclic) bond motifs is 1. The van der Waals surface area contributed by atoms with E-state index in [0.717, 1.165) is 17.7 Å². The van der Waals surface area contributed by atoms with Crippen LogP contribution in [-0.2, 0) is 10.2 Å². The molecule has 0 saturated heterocycles. The van der Waals surface area contributed by atoms with Crippen LogP contribution in [0.1, 0.15) is 26.3 Å². The van der Waals surface area contributed by atoms with E-state index in [1.165, 1.54) is 12.1 Å². The summed E-state index contributed by atoms with van der Waals surface area (Å²) < 4.78 is 46.4. The van der Waals surface area contributed by atoms with Crippen LogP contribution in [0.15, 0.2) is 36.4 Å². The number of nitrogens with one attached hydrogen (secondary N) is 2. The van der Waals surface area contributed by atoms with Crippen molar-refractivity contribution < 1.29 is 32.5 Å². The molecule has 6 nitrogen and oxygen atoms in total. The van der Waals surface area contributed by atoms with Crippen molar-refractivity contribution in [2.45, 2.75) is 38.7 Å². The Morgan fingerprint density at radius 1 is 1.21 bits per heavy atom. The number of benzene rings is 2. The summed E-state index contributed by atoms with van der Waals surface area (Å²) in [5.74, 6) is -0.538. The van der Waals surface area contributed by atoms with Crippen molar-refractivity contribution in [3.05, 3.63) is 42.0 Å². The van der Waals surface area contributed by atoms with Crippen molar-refractivity contribution in [3.63, 3.8) is 0 Å². The molecule has 1 aliphatic heterocycles. The molecule has 9 heteroatoms. The lowest BCUT2D eigenvalue weighted by Crippen LogP contribution is -2.41. The number of hydrogen-bond acceptors (Lipinski definition) is 5. The van der Waals surface area contributed by atoms with E-state index in [2.05, 4.69) is 15.4 Å². The summed E-state index contributed by atoms with van der Waals surface area (Å²) >= 11 is 0. The van der Waals surface area contributed by atoms with Gasteiger partial charge in [0.15, 0.2) is 6.10 Å². The minimum absolute atomic E-state index is 0.0559. The molecule has 0 fully saturated rings. The van der Waals surface area contributed by atoms with Crippen molar-refractivity contribution >= 4 is 17.3 Å². The van der Waals surface area contributed by atoms with E-state index in [9.17, 15) is 23.1 Å². The fourth-order valence-electron chi connectivity index (χ4n) is 2.96. The summed E-state index contributed by atoms with van der Waals surface area (Å²) in [6, 6.07) is 8.44. The van der Waals surface area contributed by atoms with Gasteiger partial charge in [0, 0.05) is 17.8 Å². The molecule has 2 aromatic rings. The molecule has 0 aromatic heterocycles. The molecule has 0 saturated carbocycles. The van der Waals surface area contributed by atoms with Crippen LogP contribution in [0.5, 0.6) is 17.2 Å². The topological polar surface area (TPSA) is 79.8 Å². The van der Waals surface area contributed by atoms with Gasteiger partial charge < -0.3 is 25.2 Å². The molecule has 2 aromatic carbocycles. The second-order valence-corrected chi connectivity index (χ2v) is 7.66. The third-order valence-electron chi connectivity index (χ3n) is 4.30. The molecule has 156 valence electrons. The van der Waals surface area contributed by atoms with Gasteiger partial charge >= 0.3 is 6.36 Å². The molecule has 0 bridgehead atoms. The van der Waals surface area contributed by atoms with Gasteiger partial charge in [-0.05, 0) is 29.2 Å². The minimum Gasteiger partial charge on any atom is -0.508 e. The summed E-state index contributed by atoms with van der Waals surface area (Å²) in [6.45, 7) is 5.94. The van der Waals surface area contributed by atoms with E-state index >= 15 is 0 Å². The molecule has 29 heavy (non-hydrogen) atoms. The number of phenolic OH excluding ortho intramolecular Hbond substituents is 1. The van der Waals surface area contributed by atoms with E-state index in [4.69, 9.17) is 4.74 Å². The Morgan fingerprint density at radius 3 is 2.55 bits per heavy atom. The van der Waals surface area contributed by atoms with Crippen molar-refractivity contribution in [1.29, 1.82) is 0 Å². The fraction of sp³-hybridized carbons (Fsp3) is 0.350. The number of carbonyl (C=O) groups excluding carboxylic acids is 1. The first kappa shape index (κ1) is 20.6. The van der Waals surface area contributed by atoms with Crippen LogP contribution in [0.25, 0.3) is 0 Å². The molecular formula is C20H21F3N2O4. The van der Waals surface area contributed by atoms with E-state index in [-0.39, 0.29) is 29.2 Å². The molecule has 1 aliphatic rings. The Hall–Kier alpha value is -3.10. The number of hydrogen-bond donors (Lipinski definition) is 3. The molecular weight excluding hydrogens is 389 g/mol. The van der Waals surface area contributed by atoms with Crippen molar-refractivity contribution in [1.82, 2.24) is 0 Å². The Kier molecular flexibility index (Phi) is 5.25. The number of phenols is 1. The van der Waals surface area contributed by atoms with Gasteiger partial charge in [0.05, 0.1) is 12.2 Å². The average Bonchev–Trinajstić information content (AvgIpc) is 2.58. The molecule has 3 rings (SSSR count). The lowest BCUT2D eigenvalue weighted by Gasteiger charge is -2.27. The van der Waals surface area contributed by atoms with Crippen LogP contribution in [0.4, 0.5) is 24.5 Å². The quantitative estimate of drug-likeness (QED) is 0.699. The summed E-state index contributed by atoms with van der Waals surface area (Å²) in [5.41, 5.74) is 1.20. The van der Waals surface area contributed by atoms with Crippen LogP contribution in [0.3, 0.4) is 0 Å². The fourth-order valence-corrected chi connectivity index (χ4v) is 2.96. The number of alkyl halides is 3. The number of carbonyl (C=O) groups is 1. The maximum atomic E-state index is 12.5. The second-order valence-electron chi connectivity index (χ2n) is 7.66. The van der Waals surface area contributed by atoms with Gasteiger partial charge in [-0.2, -0.15) is 0 Å². The van der Waals surface area contributed by atoms with Crippen LogP contribution in [0.2, 0.25) is 0 Å². The molecule has 0 radical (unpaired) electrons. The maximum absolute atomic E-state index is 12.5. The van der Waals surface area contributed by atoms with Gasteiger partial charge in [-0.25, -0.2) is 0 Å². The predicted octanol–water partition coefficient (Wildman–Crippen LogP) is 4.40. The Labute approximate surface area is 165 Å². The number of ether oxygens (including phenoxy) is 2. The van der Waals surface area contributed by atoms with E-state index in [0.29, 0.717) is 11.4 Å². The molecule has 1 heterocycles. The Bertz CT molecular complexity index is 923. The van der Waals surface area contributed by atoms with Gasteiger partial charge in [0.2, 0.25) is 0 Å². The van der Waals surface area contributed by atoms with Crippen molar-refractivity contribution in [3.8, 4) is 17.2 Å². The van der Waals surface area contributed by atoms with Crippen LogP contribution in [-0.4, -0.2) is 30.0 Å². The maximum Gasteiger partial charge on any atom is 0.573 e. The smallest absolute Gasteiger partial charge is 0.508 e. The highest BCUT2D eigenvalue weighted by atomic mass is 19.4. The van der Waals surface area contributed by atoms with Gasteiger partial charge in [0.1, 0.15) is 17.2 Å². The molecule has 0 aliphatic carbocycles. The number of amides is 1. The normalized spacial score (nSPS) is 16.3. The number of rotatable bonds is 3. The van der Waals surface area contributed by atoms with E-state index < -0.39 is 18.4 Å². The predicted molar refractivity (Wildman–Crippen MR) is 101 cm³/mol. The number of halogens is 3. The van der Waals surface area contributed by atoms with Gasteiger partial charge in [-0.3, -0.25) is 4.79 Å². The average molecular weight is 410 g/mol. The first-order valence-electron chi connectivity index (χ1n) is 8.87. The van der Waals surface area contributed by atoms with Crippen molar-refractivity contribution in [2.75, 3.05) is 17.2 Å². The monoisotopic (exact) mass is 410 g/mol. The molecule has 1 amide bonds. The highest BCUT2D eigenvalue weighted by molar-refractivity contribution is 5.95. The molecule has 1 unspecified atom stereocenters. The lowest BCUT2D eigenvalue weighted by molar-refractivity contribution is -0.274. The summed E-state index contributed by atoms with van der Waals surface area (Å²) in [4.78, 5) is 12.5. The van der Waals surface area contributed by atoms with Gasteiger partial charge in [-0.1, -0.05) is 26.8 Å². The molecule has 1 atom stereocenters. The van der Waals surface area contributed by atoms with Crippen molar-refractivity contribution in [2.24, 2.45) is 0 Å². The highest BCUT2D eigenvalue weighted by Gasteiger charge is 2.32. The van der Waals surface area contributed by atoms with E-state index in [1.54, 1.807) is 12.1 Å². The summed E-state index contributed by atoms with van der Waals surface area (Å²) in [7, 11) is 0. The SMILES string of the molecule is CC(C)(C)c1ccc(NC(=O)C2CNc3cc(OC(F)(F)F)ccc3O2)cc1O. The van der Waals surface area contributed by atoms with Crippen LogP contribution < -0.4 is 20.1 Å². The zero-order valence-corrected chi connectivity index (χ0v) is 16.1. The zero-order valence-electron chi connectivity index (χ0n) is 16.1. The molecule has 0 spiro atoms. The second kappa shape index (κ2) is 7.38. The van der Waals surface area contributed by atoms with Gasteiger partial charge in [0.25, 0.3) is 5.91 Å². The largest absolute Gasteiger partial charge is 0.573 e. The van der Waals surface area contributed by atoms with E-state index in [1.807, 2.05) is 20.8 Å². The highest BCUT2D eigenvalue weighted by Crippen LogP contribution is 2.35. The Balaban J connectivity index is 1.67. The minimum atomic E-state index is -4.79. The lowest BCUT2D eigenvalue weighted by atomic mass is 9.86. The van der Waals surface area contributed by atoms with Crippen LogP contribution >= 0.6 is 0 Å². The third-order valence-corrected chi connectivity index (χ3v) is 4.30. The summed E-state index contributed by atoms with van der Waals surface area (Å²) in [6.07, 6.45) is -5.69. The third kappa shape index (κ3) is 5.04. The first-order chi connectivity index (χ1) is 13.4. The standard InChI is InChI=1S/C20H21F3N2O4/c1-19(2,3)13-6-4-11(8-15(13)26)25-18(27)17-10-24-14-9-12(29-20(21,22)23)5-7-16(14)28-17/h4-9,17,24,26H,10H2,1-3H3,(H,25,27).